The summed E-state index contributed by atoms with van der Waals surface area (Å²) in [4.78, 5) is 25.1. The second-order valence-electron chi connectivity index (χ2n) is 11.0. The quantitative estimate of drug-likeness (QED) is 0.269. The number of amides is 2. The molecule has 5 aliphatic rings. The smallest absolute Gasteiger partial charge is 0.391 e. The van der Waals surface area contributed by atoms with Gasteiger partial charge in [-0.25, -0.2) is 4.39 Å². The number of aliphatic hydroxyl groups excluding tert-OH is 1. The highest BCUT2D eigenvalue weighted by molar-refractivity contribution is 6.21. The molecular weight excluding hydrogens is 522 g/mol. The number of alkyl halides is 5. The van der Waals surface area contributed by atoms with E-state index in [4.69, 9.17) is 21.1 Å². The molecule has 37 heavy (non-hydrogen) atoms. The highest BCUT2D eigenvalue weighted by Crippen LogP contribution is 2.47. The Labute approximate surface area is 218 Å². The Balaban J connectivity index is 1.18. The number of ether oxygens (including phenoxy) is 2. The summed E-state index contributed by atoms with van der Waals surface area (Å²) < 4.78 is 63.2. The third-order valence-electron chi connectivity index (χ3n) is 8.42. The predicted molar refractivity (Wildman–Crippen MR) is 126 cm³/mol. The van der Waals surface area contributed by atoms with E-state index in [1.54, 1.807) is 0 Å². The van der Waals surface area contributed by atoms with E-state index in [9.17, 15) is 32.3 Å². The van der Waals surface area contributed by atoms with Crippen LogP contribution in [0, 0.1) is 0 Å². The molecule has 1 aliphatic heterocycles. The van der Waals surface area contributed by atoms with Gasteiger partial charge in [0.1, 0.15) is 25.4 Å². The SMILES string of the molecule is O=C(COC1CCC(C(F)(F)F)NC1)NC12CCC(NC(=O)COC3CCC(Cl)C(F)C3)(CC1)[C@@H](O)C2. The molecule has 1 heterocycles. The van der Waals surface area contributed by atoms with Crippen LogP contribution in [-0.4, -0.2) is 89.8 Å². The fraction of sp³-hybridized carbons (Fsp3) is 0.917. The zero-order valence-corrected chi connectivity index (χ0v) is 21.4. The van der Waals surface area contributed by atoms with Gasteiger partial charge in [-0.05, 0) is 57.8 Å². The van der Waals surface area contributed by atoms with Gasteiger partial charge in [0.05, 0.1) is 29.2 Å². The molecule has 4 saturated carbocycles. The van der Waals surface area contributed by atoms with Crippen molar-refractivity contribution in [1.82, 2.24) is 16.0 Å². The fourth-order valence-electron chi connectivity index (χ4n) is 6.14. The summed E-state index contributed by atoms with van der Waals surface area (Å²) in [5.74, 6) is -0.752. The summed E-state index contributed by atoms with van der Waals surface area (Å²) >= 11 is 5.89. The van der Waals surface area contributed by atoms with Crippen molar-refractivity contribution in [1.29, 1.82) is 0 Å². The van der Waals surface area contributed by atoms with E-state index in [-0.39, 0.29) is 63.4 Å². The Kier molecular flexibility index (Phi) is 8.94. The molecule has 4 N–H and O–H groups in total. The second-order valence-corrected chi connectivity index (χ2v) is 11.6. The maximum absolute atomic E-state index is 13.8. The molecule has 1 saturated heterocycles. The number of hydrogen-bond donors (Lipinski definition) is 4. The monoisotopic (exact) mass is 557 g/mol. The summed E-state index contributed by atoms with van der Waals surface area (Å²) in [6.45, 7) is -0.473. The van der Waals surface area contributed by atoms with E-state index >= 15 is 0 Å². The number of hydrogen-bond acceptors (Lipinski definition) is 6. The van der Waals surface area contributed by atoms with Gasteiger partial charge in [-0.15, -0.1) is 11.6 Å². The molecule has 5 fully saturated rings. The number of halogens is 5. The standard InChI is InChI=1S/C24H36ClF4N3O5/c25-16-3-1-14(9-17(16)26)36-13-21(35)32-23-7-5-22(6-8-23,10-19(23)33)31-20(34)12-37-15-2-4-18(30-11-15)24(27,28)29/h14-19,30,33H,1-13H2,(H,31,34)(H,32,35)/t14?,15?,16?,17?,18?,19-,22?,23?/m0/s1. The van der Waals surface area contributed by atoms with Crippen LogP contribution in [0.4, 0.5) is 17.6 Å². The zero-order chi connectivity index (χ0) is 26.8. The lowest BCUT2D eigenvalue weighted by molar-refractivity contribution is -0.166. The first-order valence-electron chi connectivity index (χ1n) is 13.0. The Morgan fingerprint density at radius 1 is 0.973 bits per heavy atom. The normalized spacial score (nSPS) is 40.3. The molecule has 212 valence electrons. The van der Waals surface area contributed by atoms with Crippen molar-refractivity contribution in [2.24, 2.45) is 0 Å². The Morgan fingerprint density at radius 2 is 1.59 bits per heavy atom. The van der Waals surface area contributed by atoms with Crippen molar-refractivity contribution in [3.8, 4) is 0 Å². The maximum atomic E-state index is 13.8. The van der Waals surface area contributed by atoms with Crippen LogP contribution in [0.15, 0.2) is 0 Å². The zero-order valence-electron chi connectivity index (χ0n) is 20.6. The van der Waals surface area contributed by atoms with E-state index < -0.39 is 47.1 Å². The minimum atomic E-state index is -4.30. The topological polar surface area (TPSA) is 109 Å². The molecule has 2 bridgehead atoms. The van der Waals surface area contributed by atoms with E-state index in [2.05, 4.69) is 16.0 Å². The highest BCUT2D eigenvalue weighted by atomic mass is 35.5. The molecule has 0 aromatic carbocycles. The number of carbonyl (C=O) groups excluding carboxylic acids is 2. The summed E-state index contributed by atoms with van der Waals surface area (Å²) in [5.41, 5.74) is -1.42. The molecule has 4 aliphatic carbocycles. The van der Waals surface area contributed by atoms with Crippen molar-refractivity contribution in [3.63, 3.8) is 0 Å². The number of rotatable bonds is 8. The minimum absolute atomic E-state index is 0.0234. The number of piperidine rings is 1. The van der Waals surface area contributed by atoms with Crippen molar-refractivity contribution >= 4 is 23.4 Å². The van der Waals surface area contributed by atoms with Crippen LogP contribution in [0.3, 0.4) is 0 Å². The third kappa shape index (κ3) is 7.06. The molecular formula is C24H36ClF4N3O5. The van der Waals surface area contributed by atoms with Gasteiger partial charge in [-0.2, -0.15) is 13.2 Å². The van der Waals surface area contributed by atoms with Crippen LogP contribution in [0.1, 0.15) is 64.2 Å². The lowest BCUT2D eigenvalue weighted by Crippen LogP contribution is -2.70. The average molecular weight is 558 g/mol. The lowest BCUT2D eigenvalue weighted by Gasteiger charge is -2.56. The largest absolute Gasteiger partial charge is 0.403 e. The van der Waals surface area contributed by atoms with Crippen molar-refractivity contribution in [2.75, 3.05) is 19.8 Å². The molecule has 2 amide bonds. The molecule has 0 aromatic rings. The first-order valence-corrected chi connectivity index (χ1v) is 13.4. The summed E-state index contributed by atoms with van der Waals surface area (Å²) in [6.07, 6.45) is -3.50. The molecule has 0 radical (unpaired) electrons. The van der Waals surface area contributed by atoms with Gasteiger partial charge >= 0.3 is 6.18 Å². The molecule has 0 spiro atoms. The van der Waals surface area contributed by atoms with Gasteiger partial charge in [0.15, 0.2) is 0 Å². The Bertz CT molecular complexity index is 819. The number of fused-ring (bicyclic) bond motifs is 3. The molecule has 13 heteroatoms. The van der Waals surface area contributed by atoms with Gasteiger partial charge in [-0.3, -0.25) is 9.59 Å². The molecule has 5 rings (SSSR count). The molecule has 6 atom stereocenters. The minimum Gasteiger partial charge on any atom is -0.391 e. The Morgan fingerprint density at radius 3 is 2.16 bits per heavy atom. The van der Waals surface area contributed by atoms with Gasteiger partial charge in [0.25, 0.3) is 0 Å². The Hall–Kier alpha value is -1.21. The first kappa shape index (κ1) is 28.8. The van der Waals surface area contributed by atoms with Crippen LogP contribution >= 0.6 is 11.6 Å². The summed E-state index contributed by atoms with van der Waals surface area (Å²) in [5, 5.41) is 18.7. The first-order chi connectivity index (χ1) is 17.4. The van der Waals surface area contributed by atoms with Gasteiger partial charge in [0.2, 0.25) is 11.8 Å². The van der Waals surface area contributed by atoms with E-state index in [1.807, 2.05) is 0 Å². The number of nitrogens with one attached hydrogen (secondary N) is 3. The van der Waals surface area contributed by atoms with Crippen molar-refractivity contribution in [2.45, 2.75) is 117 Å². The molecule has 0 aromatic heterocycles. The van der Waals surface area contributed by atoms with E-state index in [0.29, 0.717) is 38.5 Å². The van der Waals surface area contributed by atoms with Crippen LogP contribution in [0.25, 0.3) is 0 Å². The summed E-state index contributed by atoms with van der Waals surface area (Å²) in [7, 11) is 0. The van der Waals surface area contributed by atoms with E-state index in [0.717, 1.165) is 0 Å². The predicted octanol–water partition coefficient (Wildman–Crippen LogP) is 2.25. The second kappa shape index (κ2) is 11.5. The number of aliphatic hydroxyl groups is 1. The molecule has 8 nitrogen and oxygen atoms in total. The van der Waals surface area contributed by atoms with Crippen molar-refractivity contribution in [3.05, 3.63) is 0 Å². The van der Waals surface area contributed by atoms with Gasteiger partial charge in [0, 0.05) is 18.5 Å². The number of carbonyl (C=O) groups is 2. The highest BCUT2D eigenvalue weighted by Gasteiger charge is 2.55. The van der Waals surface area contributed by atoms with Crippen LogP contribution < -0.4 is 16.0 Å². The van der Waals surface area contributed by atoms with Crippen LogP contribution in [0.2, 0.25) is 0 Å². The molecule has 5 unspecified atom stereocenters. The van der Waals surface area contributed by atoms with Crippen LogP contribution in [-0.2, 0) is 19.1 Å². The third-order valence-corrected chi connectivity index (χ3v) is 8.92. The maximum Gasteiger partial charge on any atom is 0.403 e. The van der Waals surface area contributed by atoms with Gasteiger partial charge < -0.3 is 30.5 Å². The van der Waals surface area contributed by atoms with Crippen LogP contribution in [0.5, 0.6) is 0 Å². The summed E-state index contributed by atoms with van der Waals surface area (Å²) in [6, 6.07) is -1.55. The average Bonchev–Trinajstić information content (AvgIpc) is 2.84. The van der Waals surface area contributed by atoms with Gasteiger partial charge in [-0.1, -0.05) is 0 Å². The van der Waals surface area contributed by atoms with Crippen molar-refractivity contribution < 1.29 is 41.7 Å². The fourth-order valence-corrected chi connectivity index (χ4v) is 6.37. The lowest BCUT2D eigenvalue weighted by atomic mass is 9.60. The van der Waals surface area contributed by atoms with E-state index in [1.165, 1.54) is 0 Å².